The number of nitrogens with two attached hydrogens (primary N) is 1. The highest BCUT2D eigenvalue weighted by atomic mass is 19.2. The Labute approximate surface area is 217 Å². The molecule has 5 N–H and O–H groups in total. The third-order valence-corrected chi connectivity index (χ3v) is 6.71. The van der Waals surface area contributed by atoms with Crippen LogP contribution >= 0.6 is 0 Å². The van der Waals surface area contributed by atoms with E-state index < -0.39 is 17.2 Å². The molecule has 2 aromatic carbocycles. The number of rotatable bonds is 6. The monoisotopic (exact) mass is 520 g/mol. The number of hydrogen-bond acceptors (Lipinski definition) is 6. The normalized spacial score (nSPS) is 15.9. The lowest BCUT2D eigenvalue weighted by molar-refractivity contribution is -0.560. The number of hydrogen-bond donors (Lipinski definition) is 4. The highest BCUT2D eigenvalue weighted by molar-refractivity contribution is 5.87. The number of allylic oxidation sites excluding steroid dienone is 1. The molecule has 3 aromatic rings. The van der Waals surface area contributed by atoms with Gasteiger partial charge in [0, 0.05) is 67.9 Å². The molecule has 1 saturated heterocycles. The number of carbonyl (C=O) groups excluding carboxylic acids is 1. The van der Waals surface area contributed by atoms with Crippen molar-refractivity contribution in [3.63, 3.8) is 0 Å². The molecule has 0 aliphatic carbocycles. The number of nitrogens with zero attached hydrogens (tertiary/aromatic N) is 3. The molecule has 1 aromatic heterocycles. The zero-order valence-electron chi connectivity index (χ0n) is 20.6. The molecule has 2 aliphatic heterocycles. The van der Waals surface area contributed by atoms with E-state index in [2.05, 4.69) is 15.4 Å². The number of halogens is 2. The lowest BCUT2D eigenvalue weighted by Gasteiger charge is -2.26. The van der Waals surface area contributed by atoms with Crippen LogP contribution in [-0.4, -0.2) is 60.9 Å². The number of hydrazone groups is 1. The fourth-order valence-corrected chi connectivity index (χ4v) is 4.65. The average molecular weight is 521 g/mol. The lowest BCUT2D eigenvalue weighted by atomic mass is 10.0. The summed E-state index contributed by atoms with van der Waals surface area (Å²) in [5.74, 6) is -1.95. The van der Waals surface area contributed by atoms with Crippen molar-refractivity contribution in [3.05, 3.63) is 75.7 Å². The third-order valence-electron chi connectivity index (χ3n) is 6.71. The van der Waals surface area contributed by atoms with E-state index in [0.717, 1.165) is 30.9 Å². The second-order valence-electron chi connectivity index (χ2n) is 9.20. The van der Waals surface area contributed by atoms with Gasteiger partial charge in [0.1, 0.15) is 5.69 Å². The number of pyridine rings is 1. The molecule has 1 fully saturated rings. The Bertz CT molecular complexity index is 1510. The largest absolute Gasteiger partial charge is 0.335 e. The number of H-pyrrole nitrogens is 1. The summed E-state index contributed by atoms with van der Waals surface area (Å²) in [7, 11) is 0. The van der Waals surface area contributed by atoms with Crippen LogP contribution in [0.5, 0.6) is 0 Å². The van der Waals surface area contributed by atoms with Crippen LogP contribution in [0.1, 0.15) is 24.0 Å². The molecule has 0 atom stereocenters. The summed E-state index contributed by atoms with van der Waals surface area (Å²) in [5.41, 5.74) is 2.93. The minimum atomic E-state index is -1.02. The Balaban J connectivity index is 1.40. The molecule has 1 amide bonds. The number of aromatic nitrogens is 1. The van der Waals surface area contributed by atoms with E-state index in [1.807, 2.05) is 22.3 Å². The first-order valence-corrected chi connectivity index (χ1v) is 12.4. The van der Waals surface area contributed by atoms with Crippen molar-refractivity contribution in [2.75, 3.05) is 37.7 Å². The van der Waals surface area contributed by atoms with Crippen LogP contribution in [0.4, 0.5) is 20.2 Å². The fraction of sp³-hybridized carbons (Fsp3) is 0.259. The number of quaternary nitrogens is 1. The number of amides is 1. The van der Waals surface area contributed by atoms with Gasteiger partial charge in [0.05, 0.1) is 16.8 Å². The summed E-state index contributed by atoms with van der Waals surface area (Å²) in [4.78, 5) is 29.9. The maximum atomic E-state index is 13.8. The van der Waals surface area contributed by atoms with Gasteiger partial charge in [-0.25, -0.2) is 13.8 Å². The van der Waals surface area contributed by atoms with Crippen LogP contribution in [0.25, 0.3) is 16.5 Å². The smallest absolute Gasteiger partial charge is 0.278 e. The molecule has 11 heteroatoms. The number of fused-ring (bicyclic) bond motifs is 1. The van der Waals surface area contributed by atoms with Crippen LogP contribution in [0, 0.1) is 17.0 Å². The van der Waals surface area contributed by atoms with Crippen molar-refractivity contribution in [1.29, 1.82) is 5.41 Å². The van der Waals surface area contributed by atoms with Gasteiger partial charge in [0.25, 0.3) is 11.5 Å². The molecule has 38 heavy (non-hydrogen) atoms. The molecule has 0 radical (unpaired) electrons. The number of anilines is 1. The molecule has 0 bridgehead atoms. The summed E-state index contributed by atoms with van der Waals surface area (Å²) in [6.07, 6.45) is 5.81. The Morgan fingerprint density at radius 3 is 2.71 bits per heavy atom. The summed E-state index contributed by atoms with van der Waals surface area (Å²) in [6.45, 7) is 3.21. The van der Waals surface area contributed by atoms with E-state index in [1.165, 1.54) is 6.21 Å². The minimum absolute atomic E-state index is 0.0550. The molecule has 3 heterocycles. The van der Waals surface area contributed by atoms with E-state index in [0.29, 0.717) is 53.7 Å². The van der Waals surface area contributed by atoms with Crippen molar-refractivity contribution < 1.29 is 18.9 Å². The minimum Gasteiger partial charge on any atom is -0.335 e. The van der Waals surface area contributed by atoms with E-state index >= 15 is 0 Å². The Kier molecular flexibility index (Phi) is 7.38. The van der Waals surface area contributed by atoms with Crippen LogP contribution in [0.2, 0.25) is 0 Å². The number of piperazine rings is 1. The summed E-state index contributed by atoms with van der Waals surface area (Å²) >= 11 is 0. The van der Waals surface area contributed by atoms with Crippen molar-refractivity contribution >= 4 is 46.2 Å². The summed E-state index contributed by atoms with van der Waals surface area (Å²) in [5, 5.41) is 19.5. The maximum absolute atomic E-state index is 13.8. The first kappa shape index (κ1) is 25.4. The molecule has 5 rings (SSSR count). The molecule has 2 aliphatic rings. The van der Waals surface area contributed by atoms with E-state index in [9.17, 15) is 18.4 Å². The Hall–Kier alpha value is -4.22. The zero-order valence-corrected chi connectivity index (χ0v) is 20.6. The molecule has 0 unspecified atom stereocenters. The first-order valence-electron chi connectivity index (χ1n) is 12.4. The van der Waals surface area contributed by atoms with Gasteiger partial charge in [-0.15, -0.1) is 0 Å². The van der Waals surface area contributed by atoms with Crippen molar-refractivity contribution in [2.24, 2.45) is 5.10 Å². The standard InChI is InChI=1S/C27H27F2N7O2/c28-22-12-18-11-21(27(38)34-25(18)13-23(22)29)17-2-1-5-33-36(16-17)20-3-4-24(19(10-20)14-30)32-15-26(37)35-8-6-31-7-9-35/h3-5,10-14,16,30-32H,1-2,6-9,15H2,(H,34,38)/p+1. The van der Waals surface area contributed by atoms with Gasteiger partial charge in [0.2, 0.25) is 0 Å². The topological polar surface area (TPSA) is 121 Å². The fourth-order valence-electron chi connectivity index (χ4n) is 4.65. The number of carbonyl (C=O) groups is 1. The number of nitrogens with one attached hydrogen (secondary N) is 3. The molecule has 196 valence electrons. The second kappa shape index (κ2) is 11.0. The molecule has 0 saturated carbocycles. The van der Waals surface area contributed by atoms with Crippen molar-refractivity contribution in [1.82, 2.24) is 15.2 Å². The Morgan fingerprint density at radius 2 is 1.92 bits per heavy atom. The van der Waals surface area contributed by atoms with Crippen molar-refractivity contribution in [2.45, 2.75) is 12.8 Å². The van der Waals surface area contributed by atoms with Gasteiger partial charge in [-0.05, 0) is 42.7 Å². The third kappa shape index (κ3) is 5.38. The molecular formula is C27H28F2N7O2+. The molecule has 9 nitrogen and oxygen atoms in total. The van der Waals surface area contributed by atoms with Gasteiger partial charge in [-0.2, -0.15) is 5.10 Å². The number of benzene rings is 2. The van der Waals surface area contributed by atoms with Crippen LogP contribution in [-0.2, 0) is 4.79 Å². The average Bonchev–Trinajstić information content (AvgIpc) is 3.19. The van der Waals surface area contributed by atoms with Crippen LogP contribution < -0.4 is 21.2 Å². The lowest BCUT2D eigenvalue weighted by Crippen LogP contribution is -2.81. The van der Waals surface area contributed by atoms with Gasteiger partial charge < -0.3 is 25.9 Å². The van der Waals surface area contributed by atoms with Crippen LogP contribution in [0.3, 0.4) is 0 Å². The zero-order chi connectivity index (χ0) is 26.6. The van der Waals surface area contributed by atoms with E-state index in [4.69, 9.17) is 5.41 Å². The molecular weight excluding hydrogens is 492 g/mol. The van der Waals surface area contributed by atoms with E-state index in [1.54, 1.807) is 29.6 Å². The SMILES string of the molecule is N=Cc1cc(N2C=C(c3cc4cc(F)c(F)cc4[nH]c3=O)CCC=N2)ccc1[NH2+]CC(=O)N1CCNCC1. The maximum Gasteiger partial charge on any atom is 0.278 e. The first-order chi connectivity index (χ1) is 18.4. The summed E-state index contributed by atoms with van der Waals surface area (Å²) < 4.78 is 27.4. The van der Waals surface area contributed by atoms with Gasteiger partial charge in [-0.1, -0.05) is 0 Å². The predicted octanol–water partition coefficient (Wildman–Crippen LogP) is 2.06. The second-order valence-corrected chi connectivity index (χ2v) is 9.20. The molecule has 0 spiro atoms. The Morgan fingerprint density at radius 1 is 1.13 bits per heavy atom. The quantitative estimate of drug-likeness (QED) is 0.294. The van der Waals surface area contributed by atoms with E-state index in [-0.39, 0.29) is 18.0 Å². The predicted molar refractivity (Wildman–Crippen MR) is 143 cm³/mol. The van der Waals surface area contributed by atoms with Gasteiger partial charge in [0.15, 0.2) is 18.2 Å². The highest BCUT2D eigenvalue weighted by Gasteiger charge is 2.19. The highest BCUT2D eigenvalue weighted by Crippen LogP contribution is 2.27. The number of aromatic amines is 1. The van der Waals surface area contributed by atoms with Gasteiger partial charge in [-0.3, -0.25) is 9.59 Å². The summed E-state index contributed by atoms with van der Waals surface area (Å²) in [6, 6.07) is 9.08. The van der Waals surface area contributed by atoms with Crippen LogP contribution in [0.15, 0.2) is 52.5 Å². The van der Waals surface area contributed by atoms with Gasteiger partial charge >= 0.3 is 0 Å². The van der Waals surface area contributed by atoms with Crippen molar-refractivity contribution in [3.8, 4) is 0 Å².